The average Bonchev–Trinajstić information content (AvgIpc) is 2.29. The van der Waals surface area contributed by atoms with Gasteiger partial charge in [0.25, 0.3) is 0 Å². The molecule has 2 rings (SSSR count). The molecular formula is C10H14ClNS. The van der Waals surface area contributed by atoms with E-state index in [1.807, 2.05) is 13.0 Å². The van der Waals surface area contributed by atoms with Gasteiger partial charge in [0.15, 0.2) is 0 Å². The molecule has 1 saturated carbocycles. The van der Waals surface area contributed by atoms with Gasteiger partial charge >= 0.3 is 0 Å². The van der Waals surface area contributed by atoms with Gasteiger partial charge in [-0.15, -0.1) is 11.3 Å². The number of hydrogen-bond donors (Lipinski definition) is 1. The molecule has 1 aliphatic rings. The summed E-state index contributed by atoms with van der Waals surface area (Å²) >= 11 is 7.95. The van der Waals surface area contributed by atoms with E-state index in [2.05, 4.69) is 0 Å². The van der Waals surface area contributed by atoms with Crippen LogP contribution in [-0.4, -0.2) is 0 Å². The molecule has 13 heavy (non-hydrogen) atoms. The maximum atomic E-state index is 6.15. The van der Waals surface area contributed by atoms with Crippen LogP contribution in [0.15, 0.2) is 6.07 Å². The molecule has 0 spiro atoms. The van der Waals surface area contributed by atoms with Gasteiger partial charge in [-0.25, -0.2) is 0 Å². The summed E-state index contributed by atoms with van der Waals surface area (Å²) in [5.41, 5.74) is 5.81. The third-order valence-corrected chi connectivity index (χ3v) is 4.58. The van der Waals surface area contributed by atoms with E-state index in [1.54, 1.807) is 11.3 Å². The van der Waals surface area contributed by atoms with Gasteiger partial charge in [-0.1, -0.05) is 18.0 Å². The van der Waals surface area contributed by atoms with Crippen LogP contribution in [0.3, 0.4) is 0 Å². The Labute approximate surface area is 87.9 Å². The molecule has 0 saturated heterocycles. The lowest BCUT2D eigenvalue weighted by molar-refractivity contribution is 0.426. The van der Waals surface area contributed by atoms with Gasteiger partial charge < -0.3 is 5.73 Å². The lowest BCUT2D eigenvalue weighted by Crippen LogP contribution is -2.07. The van der Waals surface area contributed by atoms with Crippen molar-refractivity contribution >= 4 is 22.9 Å². The Hall–Kier alpha value is -0.0500. The molecule has 1 aliphatic carbocycles. The summed E-state index contributed by atoms with van der Waals surface area (Å²) in [6.45, 7) is 2.01. The molecule has 1 atom stereocenters. The van der Waals surface area contributed by atoms with Crippen LogP contribution in [0.5, 0.6) is 0 Å². The zero-order chi connectivity index (χ0) is 9.42. The third kappa shape index (κ3) is 1.76. The second-order valence-corrected chi connectivity index (χ2v) is 5.30. The van der Waals surface area contributed by atoms with E-state index >= 15 is 0 Å². The molecule has 2 N–H and O–H groups in total. The number of halogens is 1. The summed E-state index contributed by atoms with van der Waals surface area (Å²) in [5, 5.41) is 0.932. The van der Waals surface area contributed by atoms with Crippen molar-refractivity contribution in [2.45, 2.75) is 38.1 Å². The molecule has 72 valence electrons. The summed E-state index contributed by atoms with van der Waals surface area (Å²) < 4.78 is 0. The number of rotatable bonds is 2. The summed E-state index contributed by atoms with van der Waals surface area (Å²) in [5.74, 6) is 0.727. The number of thiophene rings is 1. The third-order valence-electron chi connectivity index (χ3n) is 2.66. The van der Waals surface area contributed by atoms with Gasteiger partial charge in [0.1, 0.15) is 0 Å². The Morgan fingerprint density at radius 2 is 2.31 bits per heavy atom. The minimum absolute atomic E-state index is 0.122. The van der Waals surface area contributed by atoms with E-state index in [0.717, 1.165) is 10.9 Å². The van der Waals surface area contributed by atoms with Crippen molar-refractivity contribution in [2.75, 3.05) is 0 Å². The van der Waals surface area contributed by atoms with Crippen LogP contribution in [0, 0.1) is 0 Å². The average molecular weight is 216 g/mol. The van der Waals surface area contributed by atoms with Crippen LogP contribution in [-0.2, 0) is 0 Å². The Kier molecular flexibility index (Phi) is 2.63. The zero-order valence-corrected chi connectivity index (χ0v) is 9.29. The van der Waals surface area contributed by atoms with Crippen molar-refractivity contribution in [3.8, 4) is 0 Å². The van der Waals surface area contributed by atoms with Crippen LogP contribution in [0.1, 0.15) is 47.9 Å². The fourth-order valence-electron chi connectivity index (χ4n) is 1.57. The van der Waals surface area contributed by atoms with E-state index < -0.39 is 0 Å². The quantitative estimate of drug-likeness (QED) is 0.800. The largest absolute Gasteiger partial charge is 0.324 e. The Morgan fingerprint density at radius 3 is 2.69 bits per heavy atom. The Bertz CT molecular complexity index is 302. The summed E-state index contributed by atoms with van der Waals surface area (Å²) in [7, 11) is 0. The van der Waals surface area contributed by atoms with Gasteiger partial charge in [0.2, 0.25) is 0 Å². The molecule has 0 bridgehead atoms. The first kappa shape index (κ1) is 9.50. The Morgan fingerprint density at radius 1 is 1.62 bits per heavy atom. The minimum atomic E-state index is 0.122. The van der Waals surface area contributed by atoms with Crippen molar-refractivity contribution in [1.82, 2.24) is 0 Å². The van der Waals surface area contributed by atoms with Crippen molar-refractivity contribution < 1.29 is 0 Å². The van der Waals surface area contributed by atoms with E-state index in [9.17, 15) is 0 Å². The molecule has 1 nitrogen and oxygen atoms in total. The standard InChI is InChI=1S/C10H14ClNS/c1-6(12)9-5-8(11)10(13-9)7-3-2-4-7/h5-7H,2-4,12H2,1H3. The second-order valence-electron chi connectivity index (χ2n) is 3.78. The topological polar surface area (TPSA) is 26.0 Å². The van der Waals surface area contributed by atoms with Crippen LogP contribution in [0.2, 0.25) is 5.02 Å². The van der Waals surface area contributed by atoms with E-state index in [0.29, 0.717) is 0 Å². The van der Waals surface area contributed by atoms with Gasteiger partial charge in [0, 0.05) is 15.8 Å². The summed E-state index contributed by atoms with van der Waals surface area (Å²) in [4.78, 5) is 2.58. The first-order valence-corrected chi connectivity index (χ1v) is 5.92. The number of hydrogen-bond acceptors (Lipinski definition) is 2. The summed E-state index contributed by atoms with van der Waals surface area (Å²) in [6.07, 6.45) is 3.96. The molecule has 1 heterocycles. The van der Waals surface area contributed by atoms with E-state index in [4.69, 9.17) is 17.3 Å². The van der Waals surface area contributed by atoms with Crippen LogP contribution < -0.4 is 5.73 Å². The minimum Gasteiger partial charge on any atom is -0.324 e. The fourth-order valence-corrected chi connectivity index (χ4v) is 3.20. The van der Waals surface area contributed by atoms with Crippen LogP contribution >= 0.6 is 22.9 Å². The molecule has 1 unspecified atom stereocenters. The van der Waals surface area contributed by atoms with Crippen molar-refractivity contribution in [3.05, 3.63) is 20.8 Å². The molecule has 0 aliphatic heterocycles. The monoisotopic (exact) mass is 215 g/mol. The van der Waals surface area contributed by atoms with Crippen molar-refractivity contribution in [2.24, 2.45) is 5.73 Å². The lowest BCUT2D eigenvalue weighted by atomic mass is 9.84. The maximum Gasteiger partial charge on any atom is 0.0551 e. The SMILES string of the molecule is CC(N)c1cc(Cl)c(C2CCC2)s1. The molecule has 0 aromatic carbocycles. The molecule has 0 radical (unpaired) electrons. The summed E-state index contributed by atoms with van der Waals surface area (Å²) in [6, 6.07) is 2.15. The molecule has 1 aromatic rings. The van der Waals surface area contributed by atoms with Gasteiger partial charge in [-0.2, -0.15) is 0 Å². The van der Waals surface area contributed by atoms with Crippen molar-refractivity contribution in [3.63, 3.8) is 0 Å². The number of nitrogens with two attached hydrogens (primary N) is 1. The zero-order valence-electron chi connectivity index (χ0n) is 7.72. The van der Waals surface area contributed by atoms with Crippen LogP contribution in [0.4, 0.5) is 0 Å². The highest BCUT2D eigenvalue weighted by atomic mass is 35.5. The highest BCUT2D eigenvalue weighted by Crippen LogP contribution is 2.44. The van der Waals surface area contributed by atoms with Crippen molar-refractivity contribution in [1.29, 1.82) is 0 Å². The smallest absolute Gasteiger partial charge is 0.0551 e. The molecule has 1 fully saturated rings. The van der Waals surface area contributed by atoms with E-state index in [1.165, 1.54) is 29.0 Å². The van der Waals surface area contributed by atoms with Gasteiger partial charge in [-0.3, -0.25) is 0 Å². The van der Waals surface area contributed by atoms with Crippen LogP contribution in [0.25, 0.3) is 0 Å². The predicted molar refractivity (Wildman–Crippen MR) is 58.5 cm³/mol. The highest BCUT2D eigenvalue weighted by molar-refractivity contribution is 7.12. The second kappa shape index (κ2) is 3.60. The highest BCUT2D eigenvalue weighted by Gasteiger charge is 2.24. The normalized spacial score (nSPS) is 19.9. The molecule has 1 aromatic heterocycles. The Balaban J connectivity index is 2.24. The molecule has 3 heteroatoms. The van der Waals surface area contributed by atoms with Gasteiger partial charge in [0.05, 0.1) is 5.02 Å². The maximum absolute atomic E-state index is 6.15. The lowest BCUT2D eigenvalue weighted by Gasteiger charge is -2.24. The van der Waals surface area contributed by atoms with E-state index in [-0.39, 0.29) is 6.04 Å². The first-order valence-electron chi connectivity index (χ1n) is 4.73. The predicted octanol–water partition coefficient (Wildman–Crippen LogP) is 3.69. The van der Waals surface area contributed by atoms with Gasteiger partial charge in [-0.05, 0) is 31.7 Å². The molecule has 0 amide bonds. The molecular weight excluding hydrogens is 202 g/mol. The fraction of sp³-hybridized carbons (Fsp3) is 0.600. The first-order chi connectivity index (χ1) is 6.18.